The van der Waals surface area contributed by atoms with Crippen LogP contribution in [0, 0.1) is 0 Å². The number of nitrogens with one attached hydrogen (secondary N) is 1. The quantitative estimate of drug-likeness (QED) is 0.868. The summed E-state index contributed by atoms with van der Waals surface area (Å²) >= 11 is 1.67. The molecule has 0 spiro atoms. The Hall–Kier alpha value is -1.46. The van der Waals surface area contributed by atoms with Crippen LogP contribution in [0.3, 0.4) is 0 Å². The molecule has 5 heteroatoms. The SMILES string of the molecule is O=C1CNCCN1Cc1nc2ccccc2s1. The van der Waals surface area contributed by atoms with Gasteiger partial charge in [-0.25, -0.2) is 4.98 Å². The minimum absolute atomic E-state index is 0.163. The highest BCUT2D eigenvalue weighted by atomic mass is 32.1. The highest BCUT2D eigenvalue weighted by Gasteiger charge is 2.18. The Morgan fingerprint density at radius 2 is 2.29 bits per heavy atom. The first-order chi connectivity index (χ1) is 8.33. The molecule has 2 heterocycles. The van der Waals surface area contributed by atoms with E-state index in [1.165, 1.54) is 4.70 Å². The number of carbonyl (C=O) groups is 1. The number of para-hydroxylation sites is 1. The average molecular weight is 247 g/mol. The van der Waals surface area contributed by atoms with Crippen LogP contribution in [0.25, 0.3) is 10.2 Å². The summed E-state index contributed by atoms with van der Waals surface area (Å²) in [7, 11) is 0. The van der Waals surface area contributed by atoms with Crippen LogP contribution in [0.5, 0.6) is 0 Å². The number of amides is 1. The number of hydrogen-bond donors (Lipinski definition) is 1. The van der Waals surface area contributed by atoms with Gasteiger partial charge in [0.15, 0.2) is 0 Å². The van der Waals surface area contributed by atoms with E-state index in [0.717, 1.165) is 23.6 Å². The fourth-order valence-electron chi connectivity index (χ4n) is 1.96. The second-order valence-electron chi connectivity index (χ2n) is 4.07. The van der Waals surface area contributed by atoms with Crippen molar-refractivity contribution in [1.82, 2.24) is 15.2 Å². The molecule has 1 aromatic heterocycles. The molecule has 0 atom stereocenters. The third-order valence-electron chi connectivity index (χ3n) is 2.85. The highest BCUT2D eigenvalue weighted by Crippen LogP contribution is 2.22. The van der Waals surface area contributed by atoms with Gasteiger partial charge in [0.05, 0.1) is 23.3 Å². The third-order valence-corrected chi connectivity index (χ3v) is 3.87. The Balaban J connectivity index is 1.82. The summed E-state index contributed by atoms with van der Waals surface area (Å²) in [6.45, 7) is 2.73. The number of benzene rings is 1. The fraction of sp³-hybridized carbons (Fsp3) is 0.333. The number of piperazine rings is 1. The van der Waals surface area contributed by atoms with Gasteiger partial charge in [0.2, 0.25) is 5.91 Å². The maximum absolute atomic E-state index is 11.7. The van der Waals surface area contributed by atoms with Gasteiger partial charge in [-0.05, 0) is 12.1 Å². The molecule has 88 valence electrons. The first kappa shape index (κ1) is 10.7. The Bertz CT molecular complexity index is 518. The van der Waals surface area contributed by atoms with Gasteiger partial charge in [0, 0.05) is 13.1 Å². The molecule has 2 aromatic rings. The van der Waals surface area contributed by atoms with Crippen molar-refractivity contribution in [3.05, 3.63) is 29.3 Å². The zero-order valence-electron chi connectivity index (χ0n) is 9.35. The minimum atomic E-state index is 0.163. The van der Waals surface area contributed by atoms with Gasteiger partial charge in [0.25, 0.3) is 0 Å². The van der Waals surface area contributed by atoms with Gasteiger partial charge < -0.3 is 10.2 Å². The molecule has 1 fully saturated rings. The Morgan fingerprint density at radius 3 is 3.12 bits per heavy atom. The van der Waals surface area contributed by atoms with Crippen molar-refractivity contribution >= 4 is 27.5 Å². The van der Waals surface area contributed by atoms with Crippen molar-refractivity contribution in [3.63, 3.8) is 0 Å². The Kier molecular flexibility index (Phi) is 2.78. The summed E-state index contributed by atoms with van der Waals surface area (Å²) in [6, 6.07) is 8.08. The van der Waals surface area contributed by atoms with Crippen LogP contribution in [0.1, 0.15) is 5.01 Å². The van der Waals surface area contributed by atoms with E-state index < -0.39 is 0 Å². The summed E-state index contributed by atoms with van der Waals surface area (Å²) in [6.07, 6.45) is 0. The van der Waals surface area contributed by atoms with E-state index in [2.05, 4.69) is 16.4 Å². The van der Waals surface area contributed by atoms with Crippen molar-refractivity contribution in [2.24, 2.45) is 0 Å². The second kappa shape index (κ2) is 4.43. The maximum Gasteiger partial charge on any atom is 0.236 e. The summed E-state index contributed by atoms with van der Waals surface area (Å²) in [5.74, 6) is 0.163. The smallest absolute Gasteiger partial charge is 0.236 e. The topological polar surface area (TPSA) is 45.2 Å². The number of hydrogen-bond acceptors (Lipinski definition) is 4. The standard InChI is InChI=1S/C12H13N3OS/c16-12-7-13-5-6-15(12)8-11-14-9-3-1-2-4-10(9)17-11/h1-4,13H,5-8H2. The largest absolute Gasteiger partial charge is 0.334 e. The molecule has 0 aliphatic carbocycles. The van der Waals surface area contributed by atoms with E-state index in [-0.39, 0.29) is 5.91 Å². The van der Waals surface area contributed by atoms with Crippen LogP contribution in [0.4, 0.5) is 0 Å². The summed E-state index contributed by atoms with van der Waals surface area (Å²) < 4.78 is 1.19. The normalized spacial score (nSPS) is 16.7. The van der Waals surface area contributed by atoms with Crippen LogP contribution < -0.4 is 5.32 Å². The molecule has 1 saturated heterocycles. The number of fused-ring (bicyclic) bond motifs is 1. The lowest BCUT2D eigenvalue weighted by molar-refractivity contribution is -0.132. The van der Waals surface area contributed by atoms with Gasteiger partial charge in [-0.1, -0.05) is 12.1 Å². The molecule has 3 rings (SSSR count). The van der Waals surface area contributed by atoms with Crippen molar-refractivity contribution in [3.8, 4) is 0 Å². The lowest BCUT2D eigenvalue weighted by Crippen LogP contribution is -2.47. The zero-order valence-corrected chi connectivity index (χ0v) is 10.2. The summed E-state index contributed by atoms with van der Waals surface area (Å²) in [5.41, 5.74) is 1.02. The van der Waals surface area contributed by atoms with E-state index in [1.54, 1.807) is 11.3 Å². The monoisotopic (exact) mass is 247 g/mol. The third kappa shape index (κ3) is 2.16. The first-order valence-corrected chi connectivity index (χ1v) is 6.47. The average Bonchev–Trinajstić information content (AvgIpc) is 2.74. The molecule has 1 aromatic carbocycles. The molecule has 0 saturated carbocycles. The van der Waals surface area contributed by atoms with Crippen molar-refractivity contribution in [2.75, 3.05) is 19.6 Å². The molecule has 0 unspecified atom stereocenters. The Labute approximate surface area is 103 Å². The van der Waals surface area contributed by atoms with Crippen LogP contribution in [-0.2, 0) is 11.3 Å². The molecular weight excluding hydrogens is 234 g/mol. The van der Waals surface area contributed by atoms with E-state index >= 15 is 0 Å². The lowest BCUT2D eigenvalue weighted by atomic mass is 10.3. The lowest BCUT2D eigenvalue weighted by Gasteiger charge is -2.26. The molecule has 0 radical (unpaired) electrons. The summed E-state index contributed by atoms with van der Waals surface area (Å²) in [5, 5.41) is 4.08. The molecule has 1 aliphatic rings. The molecule has 4 nitrogen and oxygen atoms in total. The van der Waals surface area contributed by atoms with E-state index in [1.807, 2.05) is 23.1 Å². The van der Waals surface area contributed by atoms with Gasteiger partial charge >= 0.3 is 0 Å². The number of nitrogens with zero attached hydrogens (tertiary/aromatic N) is 2. The molecule has 1 aliphatic heterocycles. The van der Waals surface area contributed by atoms with Crippen molar-refractivity contribution in [1.29, 1.82) is 0 Å². The molecular formula is C12H13N3OS. The van der Waals surface area contributed by atoms with E-state index in [0.29, 0.717) is 13.1 Å². The van der Waals surface area contributed by atoms with Crippen LogP contribution in [0.15, 0.2) is 24.3 Å². The minimum Gasteiger partial charge on any atom is -0.334 e. The predicted molar refractivity (Wildman–Crippen MR) is 67.9 cm³/mol. The number of rotatable bonds is 2. The highest BCUT2D eigenvalue weighted by molar-refractivity contribution is 7.18. The second-order valence-corrected chi connectivity index (χ2v) is 5.18. The Morgan fingerprint density at radius 1 is 1.41 bits per heavy atom. The fourth-order valence-corrected chi connectivity index (χ4v) is 2.95. The van der Waals surface area contributed by atoms with Gasteiger partial charge in [-0.15, -0.1) is 11.3 Å². The van der Waals surface area contributed by atoms with E-state index in [4.69, 9.17) is 0 Å². The molecule has 1 N–H and O–H groups in total. The molecule has 1 amide bonds. The van der Waals surface area contributed by atoms with Gasteiger partial charge in [0.1, 0.15) is 5.01 Å². The first-order valence-electron chi connectivity index (χ1n) is 5.66. The predicted octanol–water partition coefficient (Wildman–Crippen LogP) is 1.23. The summed E-state index contributed by atoms with van der Waals surface area (Å²) in [4.78, 5) is 18.1. The van der Waals surface area contributed by atoms with Gasteiger partial charge in [-0.3, -0.25) is 4.79 Å². The van der Waals surface area contributed by atoms with Crippen molar-refractivity contribution < 1.29 is 4.79 Å². The van der Waals surface area contributed by atoms with Gasteiger partial charge in [-0.2, -0.15) is 0 Å². The van der Waals surface area contributed by atoms with Crippen LogP contribution in [-0.4, -0.2) is 35.4 Å². The maximum atomic E-state index is 11.7. The van der Waals surface area contributed by atoms with E-state index in [9.17, 15) is 4.79 Å². The van der Waals surface area contributed by atoms with Crippen LogP contribution >= 0.6 is 11.3 Å². The number of aromatic nitrogens is 1. The number of thiazole rings is 1. The van der Waals surface area contributed by atoms with Crippen LogP contribution in [0.2, 0.25) is 0 Å². The number of carbonyl (C=O) groups excluding carboxylic acids is 1. The molecule has 17 heavy (non-hydrogen) atoms. The zero-order chi connectivity index (χ0) is 11.7. The molecule has 0 bridgehead atoms. The van der Waals surface area contributed by atoms with Crippen molar-refractivity contribution in [2.45, 2.75) is 6.54 Å².